The Labute approximate surface area is 143 Å². The van der Waals surface area contributed by atoms with Gasteiger partial charge < -0.3 is 19.7 Å². The van der Waals surface area contributed by atoms with E-state index in [1.165, 1.54) is 5.69 Å². The Kier molecular flexibility index (Phi) is 5.06. The number of urea groups is 1. The number of imidazole rings is 1. The Morgan fingerprint density at radius 2 is 2.12 bits per heavy atom. The molecule has 1 unspecified atom stereocenters. The highest BCUT2D eigenvalue weighted by Gasteiger charge is 2.27. The number of piperidine rings is 1. The van der Waals surface area contributed by atoms with E-state index in [2.05, 4.69) is 14.9 Å². The molecule has 0 spiro atoms. The van der Waals surface area contributed by atoms with Crippen LogP contribution in [0.3, 0.4) is 0 Å². The van der Waals surface area contributed by atoms with Crippen LogP contribution in [0.4, 0.5) is 4.79 Å². The predicted octanol–water partition coefficient (Wildman–Crippen LogP) is 1.32. The van der Waals surface area contributed by atoms with Gasteiger partial charge in [0.05, 0.1) is 6.33 Å². The van der Waals surface area contributed by atoms with Gasteiger partial charge in [0.1, 0.15) is 0 Å². The lowest BCUT2D eigenvalue weighted by Gasteiger charge is -2.33. The fourth-order valence-corrected chi connectivity index (χ4v) is 3.71. The second-order valence-electron chi connectivity index (χ2n) is 6.98. The first kappa shape index (κ1) is 16.8. The molecule has 132 valence electrons. The minimum Gasteiger partial charge on any atom is -0.341 e. The van der Waals surface area contributed by atoms with Gasteiger partial charge in [-0.1, -0.05) is 0 Å². The van der Waals surface area contributed by atoms with Crippen LogP contribution in [-0.4, -0.2) is 63.5 Å². The molecule has 3 amide bonds. The monoisotopic (exact) mass is 333 g/mol. The zero-order chi connectivity index (χ0) is 17.1. The van der Waals surface area contributed by atoms with Crippen molar-refractivity contribution in [3.63, 3.8) is 0 Å². The fraction of sp³-hybridized carbons (Fsp3) is 0.706. The van der Waals surface area contributed by atoms with Crippen LogP contribution in [0.25, 0.3) is 0 Å². The highest BCUT2D eigenvalue weighted by molar-refractivity contribution is 5.78. The summed E-state index contributed by atoms with van der Waals surface area (Å²) in [7, 11) is 2.02. The molecule has 1 atom stereocenters. The Morgan fingerprint density at radius 3 is 2.71 bits per heavy atom. The van der Waals surface area contributed by atoms with Crippen LogP contribution >= 0.6 is 0 Å². The van der Waals surface area contributed by atoms with E-state index >= 15 is 0 Å². The lowest BCUT2D eigenvalue weighted by atomic mass is 9.94. The summed E-state index contributed by atoms with van der Waals surface area (Å²) in [5, 5.41) is 3.03. The van der Waals surface area contributed by atoms with Gasteiger partial charge in [0.25, 0.3) is 0 Å². The van der Waals surface area contributed by atoms with Gasteiger partial charge >= 0.3 is 6.03 Å². The van der Waals surface area contributed by atoms with Crippen LogP contribution in [0.1, 0.15) is 44.2 Å². The second-order valence-corrected chi connectivity index (χ2v) is 6.98. The molecule has 2 fully saturated rings. The van der Waals surface area contributed by atoms with E-state index in [1.807, 2.05) is 36.3 Å². The average molecular weight is 333 g/mol. The number of hydrogen-bond acceptors (Lipinski definition) is 3. The van der Waals surface area contributed by atoms with Crippen LogP contribution in [-0.2, 0) is 11.8 Å². The van der Waals surface area contributed by atoms with E-state index in [-0.39, 0.29) is 18.0 Å². The lowest BCUT2D eigenvalue weighted by Crippen LogP contribution is -2.50. The molecule has 2 aliphatic rings. The SMILES string of the molecule is CC(CN1CCCC1=O)NC(=O)N1CCC(c2cncn2C)CC1. The van der Waals surface area contributed by atoms with E-state index in [0.717, 1.165) is 38.9 Å². The van der Waals surface area contributed by atoms with Gasteiger partial charge in [-0.05, 0) is 26.2 Å². The summed E-state index contributed by atoms with van der Waals surface area (Å²) >= 11 is 0. The summed E-state index contributed by atoms with van der Waals surface area (Å²) in [6.07, 6.45) is 7.26. The van der Waals surface area contributed by atoms with Crippen molar-refractivity contribution >= 4 is 11.9 Å². The Hall–Kier alpha value is -2.05. The average Bonchev–Trinajstić information content (AvgIpc) is 3.16. The van der Waals surface area contributed by atoms with Crippen molar-refractivity contribution in [3.8, 4) is 0 Å². The molecular formula is C17H27N5O2. The van der Waals surface area contributed by atoms with Crippen molar-refractivity contribution in [2.24, 2.45) is 7.05 Å². The molecule has 2 aliphatic heterocycles. The van der Waals surface area contributed by atoms with Crippen molar-refractivity contribution in [2.45, 2.75) is 44.6 Å². The van der Waals surface area contributed by atoms with Crippen LogP contribution < -0.4 is 5.32 Å². The molecule has 3 rings (SSSR count). The summed E-state index contributed by atoms with van der Waals surface area (Å²) in [5.74, 6) is 0.675. The third kappa shape index (κ3) is 3.71. The normalized spacial score (nSPS) is 20.5. The van der Waals surface area contributed by atoms with Crippen molar-refractivity contribution in [1.29, 1.82) is 0 Å². The zero-order valence-electron chi connectivity index (χ0n) is 14.6. The minimum absolute atomic E-state index is 0.0161. The molecule has 2 saturated heterocycles. The van der Waals surface area contributed by atoms with Crippen molar-refractivity contribution < 1.29 is 9.59 Å². The third-order valence-corrected chi connectivity index (χ3v) is 5.09. The van der Waals surface area contributed by atoms with E-state index in [9.17, 15) is 9.59 Å². The highest BCUT2D eigenvalue weighted by Crippen LogP contribution is 2.27. The molecule has 1 aromatic rings. The molecule has 0 saturated carbocycles. The molecule has 0 aliphatic carbocycles. The van der Waals surface area contributed by atoms with Gasteiger partial charge in [0, 0.05) is 63.5 Å². The van der Waals surface area contributed by atoms with Gasteiger partial charge in [-0.15, -0.1) is 0 Å². The van der Waals surface area contributed by atoms with Gasteiger partial charge in [-0.25, -0.2) is 9.78 Å². The van der Waals surface area contributed by atoms with Crippen LogP contribution in [0.5, 0.6) is 0 Å². The number of aryl methyl sites for hydroxylation is 1. The maximum Gasteiger partial charge on any atom is 0.317 e. The van der Waals surface area contributed by atoms with Crippen molar-refractivity contribution in [1.82, 2.24) is 24.7 Å². The molecular weight excluding hydrogens is 306 g/mol. The first-order chi connectivity index (χ1) is 11.5. The minimum atomic E-state index is -0.0191. The number of nitrogens with zero attached hydrogens (tertiary/aromatic N) is 4. The summed E-state index contributed by atoms with van der Waals surface area (Å²) in [6, 6.07) is -0.0352. The van der Waals surface area contributed by atoms with E-state index < -0.39 is 0 Å². The van der Waals surface area contributed by atoms with E-state index in [4.69, 9.17) is 0 Å². The molecule has 7 nitrogen and oxygen atoms in total. The van der Waals surface area contributed by atoms with Crippen LogP contribution in [0.15, 0.2) is 12.5 Å². The number of amides is 3. The number of carbonyl (C=O) groups is 2. The van der Waals surface area contributed by atoms with Crippen molar-refractivity contribution in [3.05, 3.63) is 18.2 Å². The Morgan fingerprint density at radius 1 is 1.38 bits per heavy atom. The van der Waals surface area contributed by atoms with Gasteiger partial charge in [0.15, 0.2) is 0 Å². The maximum atomic E-state index is 12.4. The summed E-state index contributed by atoms with van der Waals surface area (Å²) in [5.41, 5.74) is 1.25. The second kappa shape index (κ2) is 7.23. The van der Waals surface area contributed by atoms with Gasteiger partial charge in [0.2, 0.25) is 5.91 Å². The van der Waals surface area contributed by atoms with Gasteiger partial charge in [-0.3, -0.25) is 4.79 Å². The molecule has 1 aromatic heterocycles. The topological polar surface area (TPSA) is 70.5 Å². The first-order valence-corrected chi connectivity index (χ1v) is 8.84. The zero-order valence-corrected chi connectivity index (χ0v) is 14.6. The maximum absolute atomic E-state index is 12.4. The fourth-order valence-electron chi connectivity index (χ4n) is 3.71. The van der Waals surface area contributed by atoms with E-state index in [1.54, 1.807) is 0 Å². The lowest BCUT2D eigenvalue weighted by molar-refractivity contribution is -0.127. The van der Waals surface area contributed by atoms with Gasteiger partial charge in [-0.2, -0.15) is 0 Å². The number of nitrogens with one attached hydrogen (secondary N) is 1. The third-order valence-electron chi connectivity index (χ3n) is 5.09. The molecule has 7 heteroatoms. The van der Waals surface area contributed by atoms with Crippen molar-refractivity contribution in [2.75, 3.05) is 26.2 Å². The summed E-state index contributed by atoms with van der Waals surface area (Å²) in [6.45, 7) is 4.91. The molecule has 24 heavy (non-hydrogen) atoms. The highest BCUT2D eigenvalue weighted by atomic mass is 16.2. The molecule has 3 heterocycles. The number of hydrogen-bond donors (Lipinski definition) is 1. The Bertz CT molecular complexity index is 592. The van der Waals surface area contributed by atoms with Crippen LogP contribution in [0, 0.1) is 0 Å². The predicted molar refractivity (Wildman–Crippen MR) is 90.6 cm³/mol. The Balaban J connectivity index is 1.45. The number of aromatic nitrogens is 2. The summed E-state index contributed by atoms with van der Waals surface area (Å²) < 4.78 is 2.07. The van der Waals surface area contributed by atoms with Crippen LogP contribution in [0.2, 0.25) is 0 Å². The summed E-state index contributed by atoms with van der Waals surface area (Å²) in [4.78, 5) is 32.0. The van der Waals surface area contributed by atoms with E-state index in [0.29, 0.717) is 18.9 Å². The molecule has 0 radical (unpaired) electrons. The molecule has 1 N–H and O–H groups in total. The molecule has 0 aromatic carbocycles. The largest absolute Gasteiger partial charge is 0.341 e. The first-order valence-electron chi connectivity index (χ1n) is 8.84. The number of carbonyl (C=O) groups excluding carboxylic acids is 2. The quantitative estimate of drug-likeness (QED) is 0.903. The standard InChI is InChI=1S/C17H27N5O2/c1-13(11-22-7-3-4-16(22)23)19-17(24)21-8-5-14(6-9-21)15-10-18-12-20(15)2/h10,12-14H,3-9,11H2,1-2H3,(H,19,24). The number of rotatable bonds is 4. The smallest absolute Gasteiger partial charge is 0.317 e. The molecule has 0 bridgehead atoms. The number of likely N-dealkylation sites (tertiary alicyclic amines) is 2.